The molecule has 0 atom stereocenters. The number of H-pyrrole nitrogens is 1. The van der Waals surface area contributed by atoms with E-state index in [2.05, 4.69) is 63.1 Å². The molecule has 1 heterocycles. The van der Waals surface area contributed by atoms with Crippen molar-refractivity contribution in [2.24, 2.45) is 11.3 Å². The van der Waals surface area contributed by atoms with Crippen LogP contribution in [0.25, 0.3) is 33.3 Å². The Balaban J connectivity index is 1.29. The highest BCUT2D eigenvalue weighted by molar-refractivity contribution is 5.91. The lowest BCUT2D eigenvalue weighted by Crippen LogP contribution is -2.45. The molecule has 0 aliphatic heterocycles. The van der Waals surface area contributed by atoms with Crippen LogP contribution < -0.4 is 0 Å². The predicted octanol–water partition coefficient (Wildman–Crippen LogP) is 5.85. The third kappa shape index (κ3) is 5.03. The van der Waals surface area contributed by atoms with E-state index in [4.69, 9.17) is 0 Å². The number of hydrogen-bond donors (Lipinski definition) is 2. The maximum absolute atomic E-state index is 13.6. The normalized spacial score (nSPS) is 17.0. The summed E-state index contributed by atoms with van der Waals surface area (Å²) in [6, 6.07) is 20.6. The zero-order valence-corrected chi connectivity index (χ0v) is 22.0. The van der Waals surface area contributed by atoms with Gasteiger partial charge in [-0.2, -0.15) is 5.21 Å². The van der Waals surface area contributed by atoms with Crippen LogP contribution in [0.2, 0.25) is 0 Å². The summed E-state index contributed by atoms with van der Waals surface area (Å²) < 4.78 is 0. The minimum absolute atomic E-state index is 0.0135. The molecule has 1 amide bonds. The number of amides is 1. The Morgan fingerprint density at radius 1 is 0.923 bits per heavy atom. The molecule has 39 heavy (non-hydrogen) atoms. The molecule has 8 heteroatoms. The topological polar surface area (TPSA) is 112 Å². The highest BCUT2D eigenvalue weighted by atomic mass is 16.4. The third-order valence-corrected chi connectivity index (χ3v) is 8.63. The number of rotatable bonds is 8. The van der Waals surface area contributed by atoms with E-state index in [-0.39, 0.29) is 11.8 Å². The number of aromatic nitrogens is 4. The smallest absolute Gasteiger partial charge is 0.311 e. The van der Waals surface area contributed by atoms with Crippen molar-refractivity contribution in [3.8, 4) is 22.5 Å². The summed E-state index contributed by atoms with van der Waals surface area (Å²) in [5, 5.41) is 26.8. The van der Waals surface area contributed by atoms with E-state index in [1.165, 1.54) is 0 Å². The second-order valence-corrected chi connectivity index (χ2v) is 11.1. The number of carbonyl (C=O) groups excluding carboxylic acids is 1. The minimum atomic E-state index is -0.827. The highest BCUT2D eigenvalue weighted by Gasteiger charge is 2.44. The molecule has 0 spiro atoms. The summed E-state index contributed by atoms with van der Waals surface area (Å²) in [5.41, 5.74) is 3.17. The molecule has 2 N–H and O–H groups in total. The van der Waals surface area contributed by atoms with E-state index in [0.717, 1.165) is 71.6 Å². The number of nitrogens with zero attached hydrogens (tertiary/aromatic N) is 4. The van der Waals surface area contributed by atoms with Crippen LogP contribution in [-0.2, 0) is 16.1 Å². The van der Waals surface area contributed by atoms with E-state index in [0.29, 0.717) is 31.8 Å². The number of hydrogen-bond acceptors (Lipinski definition) is 5. The van der Waals surface area contributed by atoms with Gasteiger partial charge in [-0.3, -0.25) is 9.59 Å². The van der Waals surface area contributed by atoms with E-state index in [1.807, 2.05) is 23.1 Å². The lowest BCUT2D eigenvalue weighted by atomic mass is 9.85. The van der Waals surface area contributed by atoms with Crippen molar-refractivity contribution in [1.29, 1.82) is 0 Å². The second kappa shape index (κ2) is 10.6. The largest absolute Gasteiger partial charge is 0.481 e. The lowest BCUT2D eigenvalue weighted by molar-refractivity contribution is -0.152. The lowest BCUT2D eigenvalue weighted by Gasteiger charge is -2.34. The maximum Gasteiger partial charge on any atom is 0.311 e. The molecule has 3 aromatic carbocycles. The van der Waals surface area contributed by atoms with Crippen LogP contribution >= 0.6 is 0 Å². The Bertz CT molecular complexity index is 1490. The molecule has 2 saturated carbocycles. The molecule has 0 unspecified atom stereocenters. The van der Waals surface area contributed by atoms with Gasteiger partial charge in [-0.05, 0) is 70.5 Å². The van der Waals surface area contributed by atoms with Crippen LogP contribution in [-0.4, -0.2) is 49.1 Å². The first-order valence-corrected chi connectivity index (χ1v) is 13.9. The zero-order chi connectivity index (χ0) is 26.8. The first kappa shape index (κ1) is 25.2. The van der Waals surface area contributed by atoms with Gasteiger partial charge >= 0.3 is 5.97 Å². The number of benzene rings is 3. The van der Waals surface area contributed by atoms with Gasteiger partial charge in [-0.1, -0.05) is 74.2 Å². The van der Waals surface area contributed by atoms with Gasteiger partial charge in [0.1, 0.15) is 0 Å². The number of carboxylic acids is 1. The molecule has 8 nitrogen and oxygen atoms in total. The van der Waals surface area contributed by atoms with Crippen molar-refractivity contribution in [2.75, 3.05) is 6.54 Å². The van der Waals surface area contributed by atoms with Crippen LogP contribution in [0, 0.1) is 11.3 Å². The van der Waals surface area contributed by atoms with E-state index in [1.54, 1.807) is 0 Å². The van der Waals surface area contributed by atoms with E-state index >= 15 is 0 Å². The standard InChI is InChI=1S/C31H33N5O3/c37-29(22-7-1-2-8-22)36(20-31(30(38)39)15-5-6-16-31)19-21-11-12-24-18-25(14-13-23(24)17-21)26-9-3-4-10-27(26)28-32-34-35-33-28/h3-4,9-14,17-18,22H,1-2,5-8,15-16,19-20H2,(H,38,39)(H,32,33,34,35). The molecule has 0 radical (unpaired) electrons. The predicted molar refractivity (Wildman–Crippen MR) is 148 cm³/mol. The molecule has 6 rings (SSSR count). The third-order valence-electron chi connectivity index (χ3n) is 8.63. The quantitative estimate of drug-likeness (QED) is 0.300. The molecule has 0 saturated heterocycles. The number of carboxylic acid groups (broad SMARTS) is 1. The monoisotopic (exact) mass is 523 g/mol. The fraction of sp³-hybridized carbons (Fsp3) is 0.387. The van der Waals surface area contributed by atoms with Crippen molar-refractivity contribution in [3.63, 3.8) is 0 Å². The summed E-state index contributed by atoms with van der Waals surface area (Å²) in [4.78, 5) is 27.8. The van der Waals surface area contributed by atoms with Gasteiger partial charge in [0.2, 0.25) is 11.7 Å². The van der Waals surface area contributed by atoms with Crippen molar-refractivity contribution in [2.45, 2.75) is 57.9 Å². The molecule has 200 valence electrons. The number of nitrogens with one attached hydrogen (secondary N) is 1. The van der Waals surface area contributed by atoms with Crippen molar-refractivity contribution >= 4 is 22.6 Å². The Morgan fingerprint density at radius 2 is 1.64 bits per heavy atom. The van der Waals surface area contributed by atoms with Crippen molar-refractivity contribution in [1.82, 2.24) is 25.5 Å². The van der Waals surface area contributed by atoms with Crippen LogP contribution in [0.1, 0.15) is 56.9 Å². The minimum Gasteiger partial charge on any atom is -0.481 e. The summed E-state index contributed by atoms with van der Waals surface area (Å²) in [7, 11) is 0. The number of fused-ring (bicyclic) bond motifs is 1. The average Bonchev–Trinajstić information content (AvgIpc) is 3.75. The zero-order valence-electron chi connectivity index (χ0n) is 22.0. The Morgan fingerprint density at radius 3 is 2.36 bits per heavy atom. The molecule has 2 aliphatic carbocycles. The van der Waals surface area contributed by atoms with Gasteiger partial charge in [0.25, 0.3) is 0 Å². The van der Waals surface area contributed by atoms with Crippen molar-refractivity contribution in [3.05, 3.63) is 66.2 Å². The van der Waals surface area contributed by atoms with E-state index < -0.39 is 11.4 Å². The Labute approximate surface area is 227 Å². The number of aliphatic carboxylic acids is 1. The van der Waals surface area contributed by atoms with Gasteiger partial charge < -0.3 is 10.0 Å². The molecular weight excluding hydrogens is 490 g/mol. The average molecular weight is 524 g/mol. The Kier molecular flexibility index (Phi) is 6.85. The second-order valence-electron chi connectivity index (χ2n) is 11.1. The van der Waals surface area contributed by atoms with Gasteiger partial charge in [0.15, 0.2) is 0 Å². The van der Waals surface area contributed by atoms with Gasteiger partial charge in [-0.15, -0.1) is 10.2 Å². The van der Waals surface area contributed by atoms with Gasteiger partial charge in [0.05, 0.1) is 5.41 Å². The Hall–Kier alpha value is -4.07. The molecule has 4 aromatic rings. The SMILES string of the molecule is O=C(C1CCCC1)N(Cc1ccc2cc(-c3ccccc3-c3nn[nH]n3)ccc2c1)CC1(C(=O)O)CCCC1. The molecule has 2 aliphatic rings. The molecule has 1 aromatic heterocycles. The first-order chi connectivity index (χ1) is 19.0. The van der Waals surface area contributed by atoms with Crippen LogP contribution in [0.3, 0.4) is 0 Å². The van der Waals surface area contributed by atoms with Crippen LogP contribution in [0.5, 0.6) is 0 Å². The van der Waals surface area contributed by atoms with Crippen LogP contribution in [0.15, 0.2) is 60.7 Å². The fourth-order valence-electron chi connectivity index (χ4n) is 6.49. The first-order valence-electron chi connectivity index (χ1n) is 13.9. The molecular formula is C31H33N5O3. The fourth-order valence-corrected chi connectivity index (χ4v) is 6.49. The number of tetrazole rings is 1. The summed E-state index contributed by atoms with van der Waals surface area (Å²) in [6.07, 6.45) is 7.05. The highest BCUT2D eigenvalue weighted by Crippen LogP contribution is 2.40. The van der Waals surface area contributed by atoms with Gasteiger partial charge in [-0.25, -0.2) is 0 Å². The maximum atomic E-state index is 13.6. The van der Waals surface area contributed by atoms with Gasteiger partial charge in [0, 0.05) is 24.6 Å². The summed E-state index contributed by atoms with van der Waals surface area (Å²) in [6.45, 7) is 0.726. The van der Waals surface area contributed by atoms with E-state index in [9.17, 15) is 14.7 Å². The molecule has 2 fully saturated rings. The molecule has 0 bridgehead atoms. The van der Waals surface area contributed by atoms with Crippen LogP contribution in [0.4, 0.5) is 0 Å². The van der Waals surface area contributed by atoms with Crippen molar-refractivity contribution < 1.29 is 14.7 Å². The summed E-state index contributed by atoms with van der Waals surface area (Å²) >= 11 is 0. The number of carbonyl (C=O) groups is 2. The number of aromatic amines is 1. The summed E-state index contributed by atoms with van der Waals surface area (Å²) in [5.74, 6) is -0.0843.